The molecule has 8 nitrogen and oxygen atoms in total. The van der Waals surface area contributed by atoms with Gasteiger partial charge in [0.05, 0.1) is 13.7 Å². The molecule has 0 unspecified atom stereocenters. The number of hydrogen-bond acceptors (Lipinski definition) is 8. The minimum atomic E-state index is -0.777. The van der Waals surface area contributed by atoms with Crippen LogP contribution in [0.3, 0.4) is 0 Å². The molecule has 1 aromatic carbocycles. The number of benzene rings is 1. The molecule has 0 aromatic heterocycles. The topological polar surface area (TPSA) is 81.7 Å². The van der Waals surface area contributed by atoms with Crippen LogP contribution in [0, 0.1) is 0 Å². The standard InChI is InChI=1S/C20H24O8/c1-5-23-18(21)16-13(24-10-11-6-8-12(22-4)9-7-11)14-15(25-16)17-19(26-14)28-20(2,3)27-17/h6-9,14-15,17,19H,5,10H2,1-4H3/t14-,15+,17-,19-/m1/s1. The lowest BCUT2D eigenvalue weighted by Gasteiger charge is -2.21. The zero-order valence-electron chi connectivity index (χ0n) is 16.3. The SMILES string of the molecule is CCOC(=O)C1=C(OCc2ccc(OC)cc2)[C@H]2O[C@@H]3OC(C)(C)O[C@@H]3[C@H]2O1. The Labute approximate surface area is 163 Å². The summed E-state index contributed by atoms with van der Waals surface area (Å²) in [6.45, 7) is 5.81. The maximum absolute atomic E-state index is 12.4. The van der Waals surface area contributed by atoms with Gasteiger partial charge in [-0.2, -0.15) is 0 Å². The lowest BCUT2D eigenvalue weighted by molar-refractivity contribution is -0.210. The molecule has 0 saturated carbocycles. The largest absolute Gasteiger partial charge is 0.497 e. The second kappa shape index (κ2) is 7.27. The third kappa shape index (κ3) is 3.43. The van der Waals surface area contributed by atoms with Crippen LogP contribution in [0.4, 0.5) is 0 Å². The zero-order chi connectivity index (χ0) is 19.9. The normalized spacial score (nSPS) is 29.9. The molecule has 152 valence electrons. The predicted octanol–water partition coefficient (Wildman–Crippen LogP) is 2.26. The van der Waals surface area contributed by atoms with Crippen molar-refractivity contribution in [2.75, 3.05) is 13.7 Å². The molecule has 0 spiro atoms. The van der Waals surface area contributed by atoms with E-state index in [0.29, 0.717) is 5.76 Å². The smallest absolute Gasteiger partial charge is 0.377 e. The second-order valence-electron chi connectivity index (χ2n) is 7.16. The van der Waals surface area contributed by atoms with Crippen molar-refractivity contribution < 1.29 is 38.0 Å². The Balaban J connectivity index is 1.52. The van der Waals surface area contributed by atoms with Crippen LogP contribution in [0.1, 0.15) is 26.3 Å². The van der Waals surface area contributed by atoms with Gasteiger partial charge in [0, 0.05) is 0 Å². The molecular weight excluding hydrogens is 368 g/mol. The fourth-order valence-electron chi connectivity index (χ4n) is 3.52. The van der Waals surface area contributed by atoms with Crippen LogP contribution in [0.25, 0.3) is 0 Å². The van der Waals surface area contributed by atoms with Gasteiger partial charge in [-0.3, -0.25) is 0 Å². The van der Waals surface area contributed by atoms with E-state index in [2.05, 4.69) is 0 Å². The minimum absolute atomic E-state index is 0.0251. The van der Waals surface area contributed by atoms with E-state index in [4.69, 9.17) is 33.2 Å². The quantitative estimate of drug-likeness (QED) is 0.682. The Morgan fingerprint density at radius 1 is 1.14 bits per heavy atom. The van der Waals surface area contributed by atoms with Gasteiger partial charge in [0.1, 0.15) is 12.4 Å². The first-order valence-corrected chi connectivity index (χ1v) is 9.26. The van der Waals surface area contributed by atoms with Gasteiger partial charge in [-0.05, 0) is 38.5 Å². The van der Waals surface area contributed by atoms with Crippen molar-refractivity contribution in [3.8, 4) is 5.75 Å². The summed E-state index contributed by atoms with van der Waals surface area (Å²) in [5.41, 5.74) is 0.909. The fraction of sp³-hybridized carbons (Fsp3) is 0.550. The molecule has 28 heavy (non-hydrogen) atoms. The van der Waals surface area contributed by atoms with Gasteiger partial charge < -0.3 is 33.2 Å². The molecule has 2 fully saturated rings. The van der Waals surface area contributed by atoms with Crippen molar-refractivity contribution in [2.45, 2.75) is 57.8 Å². The highest BCUT2D eigenvalue weighted by atomic mass is 16.8. The van der Waals surface area contributed by atoms with E-state index in [-0.39, 0.29) is 19.0 Å². The maximum atomic E-state index is 12.4. The number of rotatable bonds is 6. The molecule has 4 atom stereocenters. The fourth-order valence-corrected chi connectivity index (χ4v) is 3.52. The number of esters is 1. The van der Waals surface area contributed by atoms with Gasteiger partial charge in [0.15, 0.2) is 36.1 Å². The van der Waals surface area contributed by atoms with Crippen molar-refractivity contribution in [3.05, 3.63) is 41.3 Å². The van der Waals surface area contributed by atoms with Gasteiger partial charge >= 0.3 is 5.97 Å². The highest BCUT2D eigenvalue weighted by molar-refractivity contribution is 5.87. The molecule has 3 heterocycles. The molecule has 0 N–H and O–H groups in total. The van der Waals surface area contributed by atoms with E-state index in [9.17, 15) is 4.79 Å². The summed E-state index contributed by atoms with van der Waals surface area (Å²) in [7, 11) is 1.61. The van der Waals surface area contributed by atoms with Gasteiger partial charge in [-0.15, -0.1) is 0 Å². The number of hydrogen-bond donors (Lipinski definition) is 0. The lowest BCUT2D eigenvalue weighted by Crippen LogP contribution is -2.34. The van der Waals surface area contributed by atoms with Gasteiger partial charge in [0.25, 0.3) is 0 Å². The number of fused-ring (bicyclic) bond motifs is 3. The van der Waals surface area contributed by atoms with Crippen LogP contribution in [0.15, 0.2) is 35.8 Å². The average molecular weight is 392 g/mol. The molecule has 4 rings (SSSR count). The highest BCUT2D eigenvalue weighted by Gasteiger charge is 2.61. The Morgan fingerprint density at radius 3 is 2.57 bits per heavy atom. The van der Waals surface area contributed by atoms with E-state index in [1.54, 1.807) is 27.9 Å². The van der Waals surface area contributed by atoms with E-state index in [1.165, 1.54) is 0 Å². The minimum Gasteiger partial charge on any atom is -0.497 e. The summed E-state index contributed by atoms with van der Waals surface area (Å²) < 4.78 is 39.7. The zero-order valence-corrected chi connectivity index (χ0v) is 16.3. The van der Waals surface area contributed by atoms with Gasteiger partial charge in [-0.1, -0.05) is 12.1 Å². The Hall–Kier alpha value is -2.29. The Morgan fingerprint density at radius 2 is 1.89 bits per heavy atom. The lowest BCUT2D eigenvalue weighted by atomic mass is 10.1. The Kier molecular flexibility index (Phi) is 4.95. The van der Waals surface area contributed by atoms with E-state index < -0.39 is 36.4 Å². The van der Waals surface area contributed by atoms with Crippen LogP contribution in [-0.4, -0.2) is 50.1 Å². The van der Waals surface area contributed by atoms with Crippen molar-refractivity contribution in [2.24, 2.45) is 0 Å². The summed E-state index contributed by atoms with van der Waals surface area (Å²) in [5, 5.41) is 0. The molecule has 8 heteroatoms. The summed E-state index contributed by atoms with van der Waals surface area (Å²) in [6, 6.07) is 7.45. The first kappa shape index (κ1) is 19.0. The number of ether oxygens (including phenoxy) is 7. The maximum Gasteiger partial charge on any atom is 0.377 e. The first-order chi connectivity index (χ1) is 13.4. The number of carbonyl (C=O) groups is 1. The Bertz CT molecular complexity index is 769. The average Bonchev–Trinajstić information content (AvgIpc) is 3.27. The third-order valence-corrected chi connectivity index (χ3v) is 4.74. The summed E-state index contributed by atoms with van der Waals surface area (Å²) in [4.78, 5) is 12.4. The van der Waals surface area contributed by atoms with Crippen LogP contribution < -0.4 is 4.74 Å². The van der Waals surface area contributed by atoms with Crippen LogP contribution in [0.2, 0.25) is 0 Å². The second-order valence-corrected chi connectivity index (χ2v) is 7.16. The summed E-state index contributed by atoms with van der Waals surface area (Å²) in [6.07, 6.45) is -2.15. The molecule has 3 aliphatic rings. The first-order valence-electron chi connectivity index (χ1n) is 9.26. The number of carbonyl (C=O) groups excluding carboxylic acids is 1. The van der Waals surface area contributed by atoms with Crippen molar-refractivity contribution in [1.29, 1.82) is 0 Å². The van der Waals surface area contributed by atoms with E-state index >= 15 is 0 Å². The molecule has 1 aromatic rings. The predicted molar refractivity (Wildman–Crippen MR) is 95.0 cm³/mol. The molecule has 2 saturated heterocycles. The van der Waals surface area contributed by atoms with E-state index in [0.717, 1.165) is 11.3 Å². The summed E-state index contributed by atoms with van der Waals surface area (Å²) in [5.74, 6) is -0.278. The number of methoxy groups -OCH3 is 1. The highest BCUT2D eigenvalue weighted by Crippen LogP contribution is 2.45. The molecule has 0 radical (unpaired) electrons. The molecular formula is C20H24O8. The van der Waals surface area contributed by atoms with Gasteiger partial charge in [-0.25, -0.2) is 4.79 Å². The van der Waals surface area contributed by atoms with E-state index in [1.807, 2.05) is 24.3 Å². The monoisotopic (exact) mass is 392 g/mol. The van der Waals surface area contributed by atoms with Crippen molar-refractivity contribution >= 4 is 5.97 Å². The van der Waals surface area contributed by atoms with Crippen LogP contribution >= 0.6 is 0 Å². The van der Waals surface area contributed by atoms with Gasteiger partial charge in [0.2, 0.25) is 5.76 Å². The molecule has 0 aliphatic carbocycles. The molecule has 3 aliphatic heterocycles. The van der Waals surface area contributed by atoms with Crippen LogP contribution in [-0.2, 0) is 39.8 Å². The van der Waals surface area contributed by atoms with Crippen molar-refractivity contribution in [1.82, 2.24) is 0 Å². The van der Waals surface area contributed by atoms with Crippen LogP contribution in [0.5, 0.6) is 5.75 Å². The summed E-state index contributed by atoms with van der Waals surface area (Å²) >= 11 is 0. The third-order valence-electron chi connectivity index (χ3n) is 4.74. The van der Waals surface area contributed by atoms with Crippen molar-refractivity contribution in [3.63, 3.8) is 0 Å². The molecule has 0 amide bonds. The molecule has 0 bridgehead atoms.